The molecule has 0 fully saturated rings. The van der Waals surface area contributed by atoms with Crippen molar-refractivity contribution in [1.82, 2.24) is 0 Å². The van der Waals surface area contributed by atoms with Crippen molar-refractivity contribution in [3.05, 3.63) is 58.1 Å². The van der Waals surface area contributed by atoms with E-state index in [0.29, 0.717) is 11.8 Å². The molecule has 0 radical (unpaired) electrons. The van der Waals surface area contributed by atoms with E-state index < -0.39 is 26.7 Å². The normalized spacial score (nSPS) is 12.5. The zero-order chi connectivity index (χ0) is 18.1. The van der Waals surface area contributed by atoms with E-state index in [9.17, 15) is 21.6 Å². The highest BCUT2D eigenvalue weighted by molar-refractivity contribution is 9.10. The number of nitrogens with one attached hydrogen (secondary N) is 1. The second-order valence-corrected chi connectivity index (χ2v) is 8.12. The summed E-state index contributed by atoms with van der Waals surface area (Å²) in [5.74, 6) is 0.0529. The van der Waals surface area contributed by atoms with Crippen molar-refractivity contribution in [2.75, 3.05) is 4.72 Å². The van der Waals surface area contributed by atoms with Gasteiger partial charge >= 0.3 is 6.18 Å². The van der Waals surface area contributed by atoms with E-state index in [-0.39, 0.29) is 10.4 Å². The first-order chi connectivity index (χ1) is 11.0. The Balaban J connectivity index is 2.48. The average Bonchev–Trinajstić information content (AvgIpc) is 2.45. The van der Waals surface area contributed by atoms with Crippen LogP contribution >= 0.6 is 15.9 Å². The molecule has 0 saturated carbocycles. The molecule has 130 valence electrons. The van der Waals surface area contributed by atoms with Crippen LogP contribution in [0.3, 0.4) is 0 Å². The maximum atomic E-state index is 12.9. The third-order valence-corrected chi connectivity index (χ3v) is 5.14. The lowest BCUT2D eigenvalue weighted by molar-refractivity contribution is -0.137. The van der Waals surface area contributed by atoms with Gasteiger partial charge in [0.15, 0.2) is 0 Å². The monoisotopic (exact) mass is 421 g/mol. The zero-order valence-corrected chi connectivity index (χ0v) is 15.3. The molecule has 0 heterocycles. The van der Waals surface area contributed by atoms with E-state index in [1.165, 1.54) is 0 Å². The molecular weight excluding hydrogens is 407 g/mol. The molecule has 2 rings (SSSR count). The van der Waals surface area contributed by atoms with Crippen LogP contribution < -0.4 is 4.72 Å². The van der Waals surface area contributed by atoms with Crippen LogP contribution in [0.5, 0.6) is 0 Å². The van der Waals surface area contributed by atoms with Crippen molar-refractivity contribution in [1.29, 1.82) is 0 Å². The average molecular weight is 422 g/mol. The second kappa shape index (κ2) is 6.76. The Labute approximate surface area is 147 Å². The molecule has 0 bridgehead atoms. The standard InChI is InChI=1S/C16H15BrF3NO2S/c1-10(2)14-5-3-4-6-15(14)21-24(22,23)13-8-11(16(18,19)20)7-12(17)9-13/h3-10,21H,1-2H3. The summed E-state index contributed by atoms with van der Waals surface area (Å²) in [5.41, 5.74) is 0.0718. The molecule has 24 heavy (non-hydrogen) atoms. The molecule has 0 spiro atoms. The minimum atomic E-state index is -4.64. The molecule has 0 atom stereocenters. The van der Waals surface area contributed by atoms with Gasteiger partial charge in [-0.3, -0.25) is 4.72 Å². The Kier molecular flexibility index (Phi) is 5.29. The fourth-order valence-corrected chi connectivity index (χ4v) is 3.98. The molecule has 0 amide bonds. The number of anilines is 1. The zero-order valence-electron chi connectivity index (χ0n) is 12.9. The second-order valence-electron chi connectivity index (χ2n) is 5.52. The summed E-state index contributed by atoms with van der Waals surface area (Å²) in [6.45, 7) is 3.79. The number of sulfonamides is 1. The number of halogens is 4. The van der Waals surface area contributed by atoms with Crippen LogP contribution in [0.4, 0.5) is 18.9 Å². The highest BCUT2D eigenvalue weighted by atomic mass is 79.9. The van der Waals surface area contributed by atoms with Crippen LogP contribution in [0.2, 0.25) is 0 Å². The molecule has 2 aromatic rings. The molecule has 1 N–H and O–H groups in total. The summed E-state index contributed by atoms with van der Waals surface area (Å²) in [6, 6.07) is 9.36. The van der Waals surface area contributed by atoms with Crippen molar-refractivity contribution < 1.29 is 21.6 Å². The van der Waals surface area contributed by atoms with Gasteiger partial charge in [-0.15, -0.1) is 0 Å². The summed E-state index contributed by atoms with van der Waals surface area (Å²) < 4.78 is 66.1. The fourth-order valence-electron chi connectivity index (χ4n) is 2.18. The van der Waals surface area contributed by atoms with E-state index in [1.54, 1.807) is 24.3 Å². The smallest absolute Gasteiger partial charge is 0.279 e. The number of alkyl halides is 3. The number of hydrogen-bond donors (Lipinski definition) is 1. The van der Waals surface area contributed by atoms with Crippen LogP contribution in [0.1, 0.15) is 30.9 Å². The third-order valence-electron chi connectivity index (χ3n) is 3.34. The highest BCUT2D eigenvalue weighted by Crippen LogP contribution is 2.34. The number of rotatable bonds is 4. The van der Waals surface area contributed by atoms with E-state index in [0.717, 1.165) is 17.7 Å². The fraction of sp³-hybridized carbons (Fsp3) is 0.250. The minimum Gasteiger partial charge on any atom is -0.279 e. The van der Waals surface area contributed by atoms with E-state index in [4.69, 9.17) is 0 Å². The highest BCUT2D eigenvalue weighted by Gasteiger charge is 2.32. The molecular formula is C16H15BrF3NO2S. The minimum absolute atomic E-state index is 0.0369. The molecule has 0 unspecified atom stereocenters. The molecule has 0 aliphatic rings. The number of benzene rings is 2. The Morgan fingerprint density at radius 3 is 2.29 bits per heavy atom. The van der Waals surface area contributed by atoms with Gasteiger partial charge in [-0.1, -0.05) is 48.0 Å². The summed E-state index contributed by atoms with van der Waals surface area (Å²) in [7, 11) is -4.15. The van der Waals surface area contributed by atoms with Gasteiger partial charge in [-0.05, 0) is 35.7 Å². The molecule has 0 aliphatic carbocycles. The van der Waals surface area contributed by atoms with Gasteiger partial charge in [0, 0.05) is 4.47 Å². The topological polar surface area (TPSA) is 46.2 Å². The van der Waals surface area contributed by atoms with Gasteiger partial charge in [0.25, 0.3) is 10.0 Å². The SMILES string of the molecule is CC(C)c1ccccc1NS(=O)(=O)c1cc(Br)cc(C(F)(F)F)c1. The molecule has 0 aliphatic heterocycles. The van der Waals surface area contributed by atoms with Crippen molar-refractivity contribution >= 4 is 31.6 Å². The van der Waals surface area contributed by atoms with Gasteiger partial charge in [-0.25, -0.2) is 8.42 Å². The molecule has 0 saturated heterocycles. The Bertz CT molecular complexity index is 849. The Morgan fingerprint density at radius 2 is 1.71 bits per heavy atom. The van der Waals surface area contributed by atoms with Crippen molar-refractivity contribution in [3.63, 3.8) is 0 Å². The first-order valence-electron chi connectivity index (χ1n) is 7.00. The predicted octanol–water partition coefficient (Wildman–Crippen LogP) is 5.39. The summed E-state index contributed by atoms with van der Waals surface area (Å²) in [5, 5.41) is 0. The number of para-hydroxylation sites is 1. The molecule has 3 nitrogen and oxygen atoms in total. The quantitative estimate of drug-likeness (QED) is 0.718. The molecule has 2 aromatic carbocycles. The van der Waals surface area contributed by atoms with Crippen molar-refractivity contribution in [3.8, 4) is 0 Å². The van der Waals surface area contributed by atoms with Crippen LogP contribution in [0.15, 0.2) is 51.8 Å². The van der Waals surface area contributed by atoms with Crippen LogP contribution in [0, 0.1) is 0 Å². The largest absolute Gasteiger partial charge is 0.416 e. The van der Waals surface area contributed by atoms with Crippen LogP contribution in [-0.4, -0.2) is 8.42 Å². The van der Waals surface area contributed by atoms with Gasteiger partial charge in [0.1, 0.15) is 0 Å². The van der Waals surface area contributed by atoms with Crippen molar-refractivity contribution in [2.45, 2.75) is 30.8 Å². The maximum absolute atomic E-state index is 12.9. The summed E-state index contributed by atoms with van der Waals surface area (Å²) in [6.07, 6.45) is -4.64. The van der Waals surface area contributed by atoms with Crippen LogP contribution in [-0.2, 0) is 16.2 Å². The van der Waals surface area contributed by atoms with Gasteiger partial charge in [0.05, 0.1) is 16.1 Å². The van der Waals surface area contributed by atoms with Gasteiger partial charge in [0.2, 0.25) is 0 Å². The van der Waals surface area contributed by atoms with Crippen molar-refractivity contribution in [2.24, 2.45) is 0 Å². The van der Waals surface area contributed by atoms with Crippen LogP contribution in [0.25, 0.3) is 0 Å². The lowest BCUT2D eigenvalue weighted by Gasteiger charge is -2.16. The number of hydrogen-bond acceptors (Lipinski definition) is 2. The third kappa shape index (κ3) is 4.30. The van der Waals surface area contributed by atoms with E-state index in [2.05, 4.69) is 20.7 Å². The lowest BCUT2D eigenvalue weighted by atomic mass is 10.0. The van der Waals surface area contributed by atoms with E-state index >= 15 is 0 Å². The molecule has 0 aromatic heterocycles. The Hall–Kier alpha value is -1.54. The van der Waals surface area contributed by atoms with Gasteiger partial charge in [-0.2, -0.15) is 13.2 Å². The molecule has 8 heteroatoms. The summed E-state index contributed by atoms with van der Waals surface area (Å²) >= 11 is 2.93. The van der Waals surface area contributed by atoms with Gasteiger partial charge < -0.3 is 0 Å². The summed E-state index contributed by atoms with van der Waals surface area (Å²) in [4.78, 5) is -0.456. The maximum Gasteiger partial charge on any atom is 0.416 e. The first-order valence-corrected chi connectivity index (χ1v) is 9.28. The first kappa shape index (κ1) is 18.8. The lowest BCUT2D eigenvalue weighted by Crippen LogP contribution is -2.16. The van der Waals surface area contributed by atoms with E-state index in [1.807, 2.05) is 13.8 Å². The Morgan fingerprint density at radius 1 is 1.08 bits per heavy atom. The predicted molar refractivity (Wildman–Crippen MR) is 90.5 cm³/mol.